The van der Waals surface area contributed by atoms with E-state index in [1.807, 2.05) is 13.8 Å². The van der Waals surface area contributed by atoms with Gasteiger partial charge in [0.2, 0.25) is 5.91 Å². The molecule has 0 bridgehead atoms. The van der Waals surface area contributed by atoms with E-state index in [1.54, 1.807) is 29.7 Å². The highest BCUT2D eigenvalue weighted by Gasteiger charge is 2.15. The fourth-order valence-electron chi connectivity index (χ4n) is 2.44. The van der Waals surface area contributed by atoms with E-state index >= 15 is 0 Å². The summed E-state index contributed by atoms with van der Waals surface area (Å²) in [6.45, 7) is 6.16. The molecular formula is C17H18ClN5O3S. The maximum Gasteiger partial charge on any atom is 0.328 e. The highest BCUT2D eigenvalue weighted by molar-refractivity contribution is 7.99. The standard InChI is InChI=1S/C17H18ClN5O3S/c1-9(2)7-23-15(25)12-6-11(18)4-5-13(12)20-17(23)27-8-14(24)21-16-19-10(3)22-26-16/h4-6,9H,7-8H2,1-3H3,(H,19,21,22,24). The molecule has 0 saturated carbocycles. The second kappa shape index (κ2) is 8.10. The van der Waals surface area contributed by atoms with Crippen LogP contribution in [0.5, 0.6) is 0 Å². The summed E-state index contributed by atoms with van der Waals surface area (Å²) in [6.07, 6.45) is 0. The number of hydrogen-bond acceptors (Lipinski definition) is 7. The molecule has 0 atom stereocenters. The van der Waals surface area contributed by atoms with Gasteiger partial charge < -0.3 is 4.52 Å². The molecule has 0 radical (unpaired) electrons. The van der Waals surface area contributed by atoms with Crippen LogP contribution >= 0.6 is 23.4 Å². The van der Waals surface area contributed by atoms with Crippen molar-refractivity contribution >= 4 is 46.2 Å². The molecule has 10 heteroatoms. The van der Waals surface area contributed by atoms with Crippen LogP contribution in [0, 0.1) is 12.8 Å². The van der Waals surface area contributed by atoms with Crippen molar-refractivity contribution in [2.75, 3.05) is 11.1 Å². The summed E-state index contributed by atoms with van der Waals surface area (Å²) >= 11 is 7.19. The summed E-state index contributed by atoms with van der Waals surface area (Å²) in [5.74, 6) is 0.380. The predicted molar refractivity (Wildman–Crippen MR) is 104 cm³/mol. The number of amides is 1. The fraction of sp³-hybridized carbons (Fsp3) is 0.353. The molecule has 0 unspecified atom stereocenters. The molecule has 2 aromatic heterocycles. The van der Waals surface area contributed by atoms with E-state index in [0.717, 1.165) is 0 Å². The number of aryl methyl sites for hydroxylation is 1. The average Bonchev–Trinajstić information content (AvgIpc) is 3.01. The SMILES string of the molecule is Cc1noc(NC(=O)CSc2nc3ccc(Cl)cc3c(=O)n2CC(C)C)n1. The highest BCUT2D eigenvalue weighted by Crippen LogP contribution is 2.21. The molecule has 0 aliphatic heterocycles. The van der Waals surface area contributed by atoms with Crippen molar-refractivity contribution in [3.63, 3.8) is 0 Å². The number of hydrogen-bond donors (Lipinski definition) is 1. The molecule has 0 fully saturated rings. The lowest BCUT2D eigenvalue weighted by Gasteiger charge is -2.14. The van der Waals surface area contributed by atoms with E-state index in [4.69, 9.17) is 16.1 Å². The Morgan fingerprint density at radius 3 is 2.81 bits per heavy atom. The molecule has 2 heterocycles. The molecule has 0 aliphatic carbocycles. The van der Waals surface area contributed by atoms with Gasteiger partial charge in [-0.3, -0.25) is 19.5 Å². The van der Waals surface area contributed by atoms with E-state index in [1.165, 1.54) is 11.8 Å². The Kier molecular flexibility index (Phi) is 5.81. The summed E-state index contributed by atoms with van der Waals surface area (Å²) < 4.78 is 6.45. The van der Waals surface area contributed by atoms with Gasteiger partial charge in [-0.2, -0.15) is 4.98 Å². The number of aromatic nitrogens is 4. The van der Waals surface area contributed by atoms with Gasteiger partial charge in [0.25, 0.3) is 5.56 Å². The van der Waals surface area contributed by atoms with Gasteiger partial charge in [0.1, 0.15) is 0 Å². The number of carbonyl (C=O) groups is 1. The Morgan fingerprint density at radius 1 is 1.37 bits per heavy atom. The van der Waals surface area contributed by atoms with Crippen molar-refractivity contribution in [3.05, 3.63) is 39.4 Å². The second-order valence-corrected chi connectivity index (χ2v) is 7.73. The van der Waals surface area contributed by atoms with Crippen LogP contribution in [0.3, 0.4) is 0 Å². The maximum absolute atomic E-state index is 12.9. The predicted octanol–water partition coefficient (Wildman–Crippen LogP) is 3.13. The van der Waals surface area contributed by atoms with Crippen LogP contribution in [-0.4, -0.2) is 31.4 Å². The Bertz CT molecular complexity index is 1050. The van der Waals surface area contributed by atoms with Crippen LogP contribution in [0.15, 0.2) is 32.7 Å². The highest BCUT2D eigenvalue weighted by atomic mass is 35.5. The first-order valence-corrected chi connectivity index (χ1v) is 9.63. The smallest absolute Gasteiger partial charge is 0.315 e. The van der Waals surface area contributed by atoms with Crippen LogP contribution in [0.1, 0.15) is 19.7 Å². The molecular weight excluding hydrogens is 390 g/mol. The molecule has 27 heavy (non-hydrogen) atoms. The zero-order chi connectivity index (χ0) is 19.6. The third-order valence-electron chi connectivity index (χ3n) is 3.54. The molecule has 0 aliphatic rings. The number of halogens is 1. The van der Waals surface area contributed by atoms with Gasteiger partial charge >= 0.3 is 6.01 Å². The molecule has 3 aromatic rings. The molecule has 0 saturated heterocycles. The van der Waals surface area contributed by atoms with Crippen molar-refractivity contribution in [1.82, 2.24) is 19.7 Å². The van der Waals surface area contributed by atoms with Crippen LogP contribution in [0.2, 0.25) is 5.02 Å². The normalized spacial score (nSPS) is 11.3. The van der Waals surface area contributed by atoms with E-state index < -0.39 is 0 Å². The minimum absolute atomic E-state index is 0.0405. The van der Waals surface area contributed by atoms with Gasteiger partial charge in [0.15, 0.2) is 11.0 Å². The van der Waals surface area contributed by atoms with Crippen molar-refractivity contribution < 1.29 is 9.32 Å². The largest absolute Gasteiger partial charge is 0.328 e. The number of carbonyl (C=O) groups excluding carboxylic acids is 1. The molecule has 1 aromatic carbocycles. The van der Waals surface area contributed by atoms with Crippen molar-refractivity contribution in [2.45, 2.75) is 32.5 Å². The Hall–Kier alpha value is -2.39. The van der Waals surface area contributed by atoms with Gasteiger partial charge in [0.05, 0.1) is 16.7 Å². The van der Waals surface area contributed by atoms with Gasteiger partial charge in [-0.05, 0) is 31.0 Å². The van der Waals surface area contributed by atoms with Crippen molar-refractivity contribution in [3.8, 4) is 0 Å². The Labute approximate surface area is 164 Å². The third-order valence-corrected chi connectivity index (χ3v) is 4.75. The minimum Gasteiger partial charge on any atom is -0.315 e. The van der Waals surface area contributed by atoms with Crippen LogP contribution in [-0.2, 0) is 11.3 Å². The van der Waals surface area contributed by atoms with Gasteiger partial charge in [0, 0.05) is 11.6 Å². The number of nitrogens with one attached hydrogen (secondary N) is 1. The van der Waals surface area contributed by atoms with Crippen molar-refractivity contribution in [1.29, 1.82) is 0 Å². The molecule has 1 N–H and O–H groups in total. The molecule has 1 amide bonds. The zero-order valence-corrected chi connectivity index (χ0v) is 16.6. The van der Waals surface area contributed by atoms with E-state index in [0.29, 0.717) is 33.5 Å². The molecule has 3 rings (SSSR count). The van der Waals surface area contributed by atoms with Crippen LogP contribution in [0.25, 0.3) is 10.9 Å². The second-order valence-electron chi connectivity index (χ2n) is 6.35. The molecule has 142 valence electrons. The summed E-state index contributed by atoms with van der Waals surface area (Å²) in [7, 11) is 0. The lowest BCUT2D eigenvalue weighted by molar-refractivity contribution is -0.114. The fourth-order valence-corrected chi connectivity index (χ4v) is 3.42. The molecule has 8 nitrogen and oxygen atoms in total. The number of rotatable bonds is 6. The van der Waals surface area contributed by atoms with Crippen molar-refractivity contribution in [2.24, 2.45) is 5.92 Å². The first-order valence-electron chi connectivity index (χ1n) is 8.26. The minimum atomic E-state index is -0.329. The average molecular weight is 408 g/mol. The number of thioether (sulfide) groups is 1. The number of benzene rings is 1. The summed E-state index contributed by atoms with van der Waals surface area (Å²) in [6, 6.07) is 5.04. The Balaban J connectivity index is 1.86. The quantitative estimate of drug-likeness (QED) is 0.494. The number of nitrogens with zero attached hydrogens (tertiary/aromatic N) is 4. The number of fused-ring (bicyclic) bond motifs is 1. The van der Waals surface area contributed by atoms with E-state index in [2.05, 4.69) is 20.4 Å². The summed E-state index contributed by atoms with van der Waals surface area (Å²) in [5.41, 5.74) is 0.367. The van der Waals surface area contributed by atoms with Gasteiger partial charge in [-0.1, -0.05) is 42.4 Å². The lowest BCUT2D eigenvalue weighted by Crippen LogP contribution is -2.26. The molecule has 0 spiro atoms. The monoisotopic (exact) mass is 407 g/mol. The van der Waals surface area contributed by atoms with Crippen LogP contribution in [0.4, 0.5) is 6.01 Å². The topological polar surface area (TPSA) is 103 Å². The maximum atomic E-state index is 12.9. The van der Waals surface area contributed by atoms with Gasteiger partial charge in [-0.25, -0.2) is 4.98 Å². The zero-order valence-electron chi connectivity index (χ0n) is 15.0. The Morgan fingerprint density at radius 2 is 2.15 bits per heavy atom. The summed E-state index contributed by atoms with van der Waals surface area (Å²) in [5, 5.41) is 7.54. The third kappa shape index (κ3) is 4.67. The summed E-state index contributed by atoms with van der Waals surface area (Å²) in [4.78, 5) is 33.5. The van der Waals surface area contributed by atoms with E-state index in [9.17, 15) is 9.59 Å². The number of anilines is 1. The lowest BCUT2D eigenvalue weighted by atomic mass is 10.2. The van der Waals surface area contributed by atoms with E-state index in [-0.39, 0.29) is 29.2 Å². The van der Waals surface area contributed by atoms with Crippen LogP contribution < -0.4 is 10.9 Å². The first kappa shape index (κ1) is 19.4. The van der Waals surface area contributed by atoms with Gasteiger partial charge in [-0.15, -0.1) is 0 Å². The first-order chi connectivity index (χ1) is 12.8.